The van der Waals surface area contributed by atoms with Gasteiger partial charge >= 0.3 is 5.97 Å². The van der Waals surface area contributed by atoms with Gasteiger partial charge in [-0.15, -0.1) is 6.58 Å². The van der Waals surface area contributed by atoms with E-state index < -0.39 is 19.8 Å². The van der Waals surface area contributed by atoms with Crippen LogP contribution in [0.2, 0.25) is 19.6 Å². The van der Waals surface area contributed by atoms with Crippen LogP contribution in [0.5, 0.6) is 0 Å². The fraction of sp³-hybridized carbons (Fsp3) is 0.667. The Kier molecular flexibility index (Phi) is 7.69. The van der Waals surface area contributed by atoms with Crippen molar-refractivity contribution < 1.29 is 14.3 Å². The minimum atomic E-state index is -1.53. The Morgan fingerprint density at radius 3 is 2.15 bits per heavy atom. The summed E-state index contributed by atoms with van der Waals surface area (Å²) < 4.78 is 12.1. The molecule has 20 heavy (non-hydrogen) atoms. The number of ether oxygens (including phenoxy) is 2. The highest BCUT2D eigenvalue weighted by Crippen LogP contribution is 2.32. The van der Waals surface area contributed by atoms with Gasteiger partial charge in [0.1, 0.15) is 0 Å². The van der Waals surface area contributed by atoms with E-state index in [1.807, 2.05) is 26.8 Å². The molecule has 0 amide bonds. The SMILES string of the molecule is C=CC/C(=C(/I)[Si](C)(C)C)C(OC(C)(C)C)C(=O)OC. The van der Waals surface area contributed by atoms with Gasteiger partial charge in [0.2, 0.25) is 0 Å². The van der Waals surface area contributed by atoms with Crippen LogP contribution in [0, 0.1) is 0 Å². The van der Waals surface area contributed by atoms with Crippen LogP contribution in [0.1, 0.15) is 27.2 Å². The fourth-order valence-electron chi connectivity index (χ4n) is 1.67. The summed E-state index contributed by atoms with van der Waals surface area (Å²) in [5.41, 5.74) is 0.572. The van der Waals surface area contributed by atoms with E-state index in [9.17, 15) is 4.79 Å². The Hall–Kier alpha value is -0.143. The number of methoxy groups -OCH3 is 1. The van der Waals surface area contributed by atoms with Crippen LogP contribution in [0.15, 0.2) is 21.4 Å². The normalized spacial score (nSPS) is 15.4. The Balaban J connectivity index is 5.79. The summed E-state index contributed by atoms with van der Waals surface area (Å²) in [6.07, 6.45) is 1.80. The zero-order chi connectivity index (χ0) is 16.1. The number of halogens is 1. The van der Waals surface area contributed by atoms with E-state index in [4.69, 9.17) is 9.47 Å². The average molecular weight is 410 g/mol. The lowest BCUT2D eigenvalue weighted by Crippen LogP contribution is -2.37. The van der Waals surface area contributed by atoms with Crippen molar-refractivity contribution in [1.82, 2.24) is 0 Å². The molecular weight excluding hydrogens is 383 g/mol. The lowest BCUT2D eigenvalue weighted by Gasteiger charge is -2.30. The molecule has 0 spiro atoms. The molecule has 116 valence electrons. The Bertz CT molecular complexity index is 389. The zero-order valence-corrected chi connectivity index (χ0v) is 16.8. The average Bonchev–Trinajstić information content (AvgIpc) is 2.29. The van der Waals surface area contributed by atoms with Crippen LogP contribution in [-0.4, -0.2) is 32.9 Å². The molecule has 0 aromatic carbocycles. The van der Waals surface area contributed by atoms with Crippen molar-refractivity contribution in [2.45, 2.75) is 58.5 Å². The van der Waals surface area contributed by atoms with Crippen LogP contribution >= 0.6 is 22.6 Å². The van der Waals surface area contributed by atoms with Crippen LogP contribution in [0.3, 0.4) is 0 Å². The lowest BCUT2D eigenvalue weighted by atomic mass is 10.1. The number of rotatable bonds is 6. The van der Waals surface area contributed by atoms with Crippen LogP contribution in [0.25, 0.3) is 0 Å². The molecule has 0 rings (SSSR count). The van der Waals surface area contributed by atoms with E-state index in [1.54, 1.807) is 0 Å². The standard InChI is InChI=1S/C15H27IO3Si/c1-9-10-11(13(16)20(6,7)8)12(14(17)18-5)19-15(2,3)4/h9,12H,1,10H2,2-8H3/b13-11+. The van der Waals surface area contributed by atoms with Crippen molar-refractivity contribution >= 4 is 36.6 Å². The van der Waals surface area contributed by atoms with Gasteiger partial charge in [-0.25, -0.2) is 4.79 Å². The van der Waals surface area contributed by atoms with Crippen LogP contribution < -0.4 is 0 Å². The van der Waals surface area contributed by atoms with E-state index in [-0.39, 0.29) is 5.97 Å². The van der Waals surface area contributed by atoms with Crippen molar-refractivity contribution in [2.24, 2.45) is 0 Å². The number of allylic oxidation sites excluding steroid dienone is 1. The zero-order valence-electron chi connectivity index (χ0n) is 13.7. The third kappa shape index (κ3) is 6.54. The molecule has 0 aliphatic heterocycles. The second kappa shape index (κ2) is 7.75. The van der Waals surface area contributed by atoms with Gasteiger partial charge in [-0.3, -0.25) is 0 Å². The topological polar surface area (TPSA) is 35.5 Å². The van der Waals surface area contributed by atoms with Crippen molar-refractivity contribution in [1.29, 1.82) is 0 Å². The molecular formula is C15H27IO3Si. The van der Waals surface area contributed by atoms with E-state index >= 15 is 0 Å². The van der Waals surface area contributed by atoms with Gasteiger partial charge < -0.3 is 9.47 Å². The molecule has 0 saturated heterocycles. The molecule has 0 aliphatic rings. The van der Waals surface area contributed by atoms with E-state index in [0.717, 1.165) is 5.57 Å². The molecule has 1 unspecified atom stereocenters. The van der Waals surface area contributed by atoms with Crippen LogP contribution in [0.4, 0.5) is 0 Å². The summed E-state index contributed by atoms with van der Waals surface area (Å²) in [4.78, 5) is 12.1. The Morgan fingerprint density at radius 2 is 1.85 bits per heavy atom. The Labute approximate surface area is 138 Å². The largest absolute Gasteiger partial charge is 0.467 e. The smallest absolute Gasteiger partial charge is 0.339 e. The Morgan fingerprint density at radius 1 is 1.35 bits per heavy atom. The first kappa shape index (κ1) is 19.9. The highest BCUT2D eigenvalue weighted by Gasteiger charge is 2.33. The molecule has 0 heterocycles. The summed E-state index contributed by atoms with van der Waals surface area (Å²) in [6.45, 7) is 16.4. The summed E-state index contributed by atoms with van der Waals surface area (Å²) in [5.74, 6) is -0.343. The van der Waals surface area contributed by atoms with Gasteiger partial charge in [0.05, 0.1) is 20.8 Å². The van der Waals surface area contributed by atoms with E-state index in [1.165, 1.54) is 10.3 Å². The first-order valence-corrected chi connectivity index (χ1v) is 11.3. The molecule has 0 fully saturated rings. The number of esters is 1. The highest BCUT2D eigenvalue weighted by atomic mass is 127. The van der Waals surface area contributed by atoms with Crippen molar-refractivity contribution in [3.63, 3.8) is 0 Å². The van der Waals surface area contributed by atoms with Gasteiger partial charge in [0, 0.05) is 0 Å². The van der Waals surface area contributed by atoms with E-state index in [0.29, 0.717) is 6.42 Å². The summed E-state index contributed by atoms with van der Waals surface area (Å²) >= 11 is 2.36. The minimum Gasteiger partial charge on any atom is -0.467 e. The van der Waals surface area contributed by atoms with Gasteiger partial charge in [0.25, 0.3) is 0 Å². The maximum atomic E-state index is 12.1. The molecule has 3 nitrogen and oxygen atoms in total. The summed E-state index contributed by atoms with van der Waals surface area (Å²) in [6, 6.07) is 0. The first-order chi connectivity index (χ1) is 8.94. The molecule has 0 aromatic rings. The third-order valence-corrected chi connectivity index (χ3v) is 9.69. The molecule has 1 atom stereocenters. The maximum absolute atomic E-state index is 12.1. The fourth-order valence-corrected chi connectivity index (χ4v) is 3.37. The molecule has 0 radical (unpaired) electrons. The number of carbonyl (C=O) groups excluding carboxylic acids is 1. The quantitative estimate of drug-likeness (QED) is 0.280. The molecule has 0 aliphatic carbocycles. The van der Waals surface area contributed by atoms with Crippen molar-refractivity contribution in [3.8, 4) is 0 Å². The van der Waals surface area contributed by atoms with Crippen molar-refractivity contribution in [3.05, 3.63) is 21.4 Å². The van der Waals surface area contributed by atoms with Crippen LogP contribution in [-0.2, 0) is 14.3 Å². The maximum Gasteiger partial charge on any atom is 0.339 e. The van der Waals surface area contributed by atoms with Gasteiger partial charge in [-0.1, -0.05) is 48.3 Å². The number of hydrogen-bond acceptors (Lipinski definition) is 3. The second-order valence-electron chi connectivity index (χ2n) is 6.72. The predicted molar refractivity (Wildman–Crippen MR) is 95.8 cm³/mol. The van der Waals surface area contributed by atoms with Gasteiger partial charge in [-0.2, -0.15) is 0 Å². The molecule has 0 N–H and O–H groups in total. The van der Waals surface area contributed by atoms with E-state index in [2.05, 4.69) is 48.8 Å². The molecule has 0 bridgehead atoms. The first-order valence-electron chi connectivity index (χ1n) is 6.69. The van der Waals surface area contributed by atoms with Crippen molar-refractivity contribution in [2.75, 3.05) is 7.11 Å². The number of carbonyl (C=O) groups is 1. The third-order valence-electron chi connectivity index (χ3n) is 2.51. The minimum absolute atomic E-state index is 0.343. The molecule has 5 heteroatoms. The van der Waals surface area contributed by atoms with Gasteiger partial charge in [0.15, 0.2) is 6.10 Å². The second-order valence-corrected chi connectivity index (χ2v) is 13.8. The summed E-state index contributed by atoms with van der Waals surface area (Å²) in [7, 11) is -0.130. The molecule has 0 saturated carbocycles. The predicted octanol–water partition coefficient (Wildman–Crippen LogP) is 4.49. The monoisotopic (exact) mass is 410 g/mol. The number of hydrogen-bond donors (Lipinski definition) is 0. The summed E-state index contributed by atoms with van der Waals surface area (Å²) in [5, 5.41) is 0. The van der Waals surface area contributed by atoms with Gasteiger partial charge in [-0.05, 0) is 36.0 Å². The molecule has 0 aromatic heterocycles. The highest BCUT2D eigenvalue weighted by molar-refractivity contribution is 14.1. The lowest BCUT2D eigenvalue weighted by molar-refractivity contribution is -0.159.